The van der Waals surface area contributed by atoms with E-state index in [4.69, 9.17) is 16.3 Å². The molecule has 94 valence electrons. The van der Waals surface area contributed by atoms with Gasteiger partial charge in [0, 0.05) is 23.1 Å². The quantitative estimate of drug-likeness (QED) is 0.825. The molecule has 1 aliphatic carbocycles. The van der Waals surface area contributed by atoms with Crippen LogP contribution in [0.1, 0.15) is 31.4 Å². The summed E-state index contributed by atoms with van der Waals surface area (Å²) in [6.45, 7) is 2.24. The fraction of sp³-hybridized carbons (Fsp3) is 0.357. The number of fused-ring (bicyclic) bond motifs is 1. The van der Waals surface area contributed by atoms with Crippen molar-refractivity contribution in [1.29, 1.82) is 0 Å². The molecule has 0 unspecified atom stereocenters. The highest BCUT2D eigenvalue weighted by Crippen LogP contribution is 2.41. The fourth-order valence-corrected chi connectivity index (χ4v) is 2.32. The number of aromatic nitrogens is 1. The first-order chi connectivity index (χ1) is 8.69. The molecule has 0 atom stereocenters. The summed E-state index contributed by atoms with van der Waals surface area (Å²) in [4.78, 5) is 4.48. The molecule has 2 aromatic rings. The summed E-state index contributed by atoms with van der Waals surface area (Å²) in [6, 6.07) is 4.91. The summed E-state index contributed by atoms with van der Waals surface area (Å²) in [5.74, 6) is 0.343. The Morgan fingerprint density at radius 2 is 2.17 bits per heavy atom. The van der Waals surface area contributed by atoms with Crippen molar-refractivity contribution in [2.75, 3.05) is 6.61 Å². The molecule has 0 radical (unpaired) electrons. The van der Waals surface area contributed by atoms with Gasteiger partial charge < -0.3 is 4.74 Å². The average molecular weight is 266 g/mol. The van der Waals surface area contributed by atoms with Gasteiger partial charge in [-0.05, 0) is 31.9 Å². The molecular formula is C14H13ClFNO. The highest BCUT2D eigenvalue weighted by molar-refractivity contribution is 6.35. The van der Waals surface area contributed by atoms with Crippen LogP contribution in [-0.4, -0.2) is 11.6 Å². The third-order valence-electron chi connectivity index (χ3n) is 3.13. The largest absolute Gasteiger partial charge is 0.491 e. The van der Waals surface area contributed by atoms with Gasteiger partial charge in [0.05, 0.1) is 17.1 Å². The van der Waals surface area contributed by atoms with E-state index < -0.39 is 0 Å². The van der Waals surface area contributed by atoms with Gasteiger partial charge in [-0.1, -0.05) is 11.6 Å². The summed E-state index contributed by atoms with van der Waals surface area (Å²) < 4.78 is 19.0. The molecular weight excluding hydrogens is 253 g/mol. The van der Waals surface area contributed by atoms with E-state index in [1.54, 1.807) is 6.07 Å². The van der Waals surface area contributed by atoms with Gasteiger partial charge in [0.15, 0.2) is 11.6 Å². The zero-order valence-corrected chi connectivity index (χ0v) is 10.8. The van der Waals surface area contributed by atoms with Crippen molar-refractivity contribution in [3.63, 3.8) is 0 Å². The Morgan fingerprint density at radius 1 is 1.39 bits per heavy atom. The van der Waals surface area contributed by atoms with Crippen LogP contribution in [0.4, 0.5) is 4.39 Å². The number of nitrogens with zero attached hydrogens (tertiary/aromatic N) is 1. The first kappa shape index (κ1) is 11.7. The molecule has 1 aliphatic rings. The van der Waals surface area contributed by atoms with Crippen LogP contribution in [-0.2, 0) is 0 Å². The van der Waals surface area contributed by atoms with Crippen molar-refractivity contribution in [3.8, 4) is 5.75 Å². The van der Waals surface area contributed by atoms with E-state index in [9.17, 15) is 4.39 Å². The molecule has 1 saturated carbocycles. The maximum Gasteiger partial charge on any atom is 0.167 e. The van der Waals surface area contributed by atoms with E-state index in [1.807, 2.05) is 13.0 Å². The van der Waals surface area contributed by atoms with Crippen molar-refractivity contribution in [2.45, 2.75) is 25.7 Å². The number of hydrogen-bond acceptors (Lipinski definition) is 2. The van der Waals surface area contributed by atoms with Crippen molar-refractivity contribution in [2.24, 2.45) is 0 Å². The Morgan fingerprint density at radius 3 is 2.83 bits per heavy atom. The van der Waals surface area contributed by atoms with E-state index in [2.05, 4.69) is 4.98 Å². The van der Waals surface area contributed by atoms with E-state index >= 15 is 0 Å². The van der Waals surface area contributed by atoms with E-state index in [-0.39, 0.29) is 11.6 Å². The lowest BCUT2D eigenvalue weighted by Crippen LogP contribution is -1.96. The van der Waals surface area contributed by atoms with E-state index in [0.717, 1.165) is 23.9 Å². The predicted octanol–water partition coefficient (Wildman–Crippen LogP) is 4.30. The molecule has 1 heterocycles. The average Bonchev–Trinajstić information content (AvgIpc) is 3.15. The van der Waals surface area contributed by atoms with Crippen molar-refractivity contribution < 1.29 is 9.13 Å². The Labute approximate surface area is 110 Å². The lowest BCUT2D eigenvalue weighted by molar-refractivity contribution is 0.322. The number of halogens is 2. The van der Waals surface area contributed by atoms with Gasteiger partial charge in [0.25, 0.3) is 0 Å². The van der Waals surface area contributed by atoms with Crippen molar-refractivity contribution in [3.05, 3.63) is 34.7 Å². The maximum absolute atomic E-state index is 13.8. The summed E-state index contributed by atoms with van der Waals surface area (Å²) in [5, 5.41) is 1.36. The minimum atomic E-state index is -0.388. The number of benzene rings is 1. The van der Waals surface area contributed by atoms with Gasteiger partial charge in [-0.25, -0.2) is 4.39 Å². The zero-order chi connectivity index (χ0) is 12.7. The normalized spacial score (nSPS) is 15.1. The number of hydrogen-bond donors (Lipinski definition) is 0. The number of pyridine rings is 1. The second-order valence-corrected chi connectivity index (χ2v) is 4.94. The molecule has 1 aromatic heterocycles. The van der Waals surface area contributed by atoms with Crippen LogP contribution < -0.4 is 4.74 Å². The lowest BCUT2D eigenvalue weighted by atomic mass is 10.1. The Hall–Kier alpha value is -1.35. The van der Waals surface area contributed by atoms with Gasteiger partial charge in [-0.2, -0.15) is 0 Å². The van der Waals surface area contributed by atoms with Crippen molar-refractivity contribution in [1.82, 2.24) is 4.98 Å². The van der Waals surface area contributed by atoms with Crippen LogP contribution in [0.3, 0.4) is 0 Å². The van der Waals surface area contributed by atoms with Crippen LogP contribution in [0, 0.1) is 5.82 Å². The molecule has 4 heteroatoms. The van der Waals surface area contributed by atoms with Gasteiger partial charge in [-0.15, -0.1) is 0 Å². The molecule has 2 nitrogen and oxygen atoms in total. The lowest BCUT2D eigenvalue weighted by Gasteiger charge is -2.08. The Balaban J connectivity index is 2.16. The summed E-state index contributed by atoms with van der Waals surface area (Å²) in [7, 11) is 0. The Kier molecular flexibility index (Phi) is 2.86. The van der Waals surface area contributed by atoms with Crippen LogP contribution in [0.15, 0.2) is 18.2 Å². The molecule has 0 spiro atoms. The van der Waals surface area contributed by atoms with E-state index in [0.29, 0.717) is 23.1 Å². The van der Waals surface area contributed by atoms with E-state index in [1.165, 1.54) is 6.07 Å². The number of rotatable bonds is 3. The monoisotopic (exact) mass is 265 g/mol. The van der Waals surface area contributed by atoms with Gasteiger partial charge in [0.1, 0.15) is 0 Å². The van der Waals surface area contributed by atoms with Crippen LogP contribution in [0.5, 0.6) is 5.75 Å². The van der Waals surface area contributed by atoms with Crippen molar-refractivity contribution >= 4 is 22.5 Å². The van der Waals surface area contributed by atoms with Gasteiger partial charge >= 0.3 is 0 Å². The molecule has 0 N–H and O–H groups in total. The number of ether oxygens (including phenoxy) is 1. The summed E-state index contributed by atoms with van der Waals surface area (Å²) in [6.07, 6.45) is 2.29. The smallest absolute Gasteiger partial charge is 0.167 e. The topological polar surface area (TPSA) is 22.1 Å². The van der Waals surface area contributed by atoms with Crippen LogP contribution in [0.2, 0.25) is 5.02 Å². The molecule has 1 fully saturated rings. The second-order valence-electron chi connectivity index (χ2n) is 4.54. The van der Waals surface area contributed by atoms with Crippen LogP contribution in [0.25, 0.3) is 10.9 Å². The molecule has 0 amide bonds. The molecule has 0 aliphatic heterocycles. The predicted molar refractivity (Wildman–Crippen MR) is 69.9 cm³/mol. The zero-order valence-electron chi connectivity index (χ0n) is 10.0. The Bertz CT molecular complexity index is 610. The summed E-state index contributed by atoms with van der Waals surface area (Å²) in [5.41, 5.74) is 1.57. The maximum atomic E-state index is 13.8. The summed E-state index contributed by atoms with van der Waals surface area (Å²) >= 11 is 6.24. The third kappa shape index (κ3) is 2.03. The first-order valence-corrected chi connectivity index (χ1v) is 6.49. The van der Waals surface area contributed by atoms with Crippen LogP contribution >= 0.6 is 11.6 Å². The minimum absolute atomic E-state index is 0.230. The highest BCUT2D eigenvalue weighted by Gasteiger charge is 2.26. The highest BCUT2D eigenvalue weighted by atomic mass is 35.5. The van der Waals surface area contributed by atoms with Gasteiger partial charge in [0.2, 0.25) is 0 Å². The fourth-order valence-electron chi connectivity index (χ4n) is 2.06. The molecule has 18 heavy (non-hydrogen) atoms. The first-order valence-electron chi connectivity index (χ1n) is 6.11. The second kappa shape index (κ2) is 4.39. The van der Waals surface area contributed by atoms with Gasteiger partial charge in [-0.3, -0.25) is 4.98 Å². The third-order valence-corrected chi connectivity index (χ3v) is 3.44. The SMILES string of the molecule is CCOc1cc2c(Cl)cc(C3CC3)nc2cc1F. The standard InChI is InChI=1S/C14H13ClFNO/c1-2-18-14-5-9-10(15)6-12(8-3-4-8)17-13(9)7-11(14)16/h5-8H,2-4H2,1H3. The minimum Gasteiger partial charge on any atom is -0.491 e. The molecule has 0 bridgehead atoms. The molecule has 0 saturated heterocycles. The molecule has 1 aromatic carbocycles. The molecule has 3 rings (SSSR count).